The maximum absolute atomic E-state index is 12.6. The van der Waals surface area contributed by atoms with E-state index in [-0.39, 0.29) is 29.5 Å². The summed E-state index contributed by atoms with van der Waals surface area (Å²) in [5.41, 5.74) is 1.52. The first kappa shape index (κ1) is 24.7. The van der Waals surface area contributed by atoms with Gasteiger partial charge in [0.15, 0.2) is 4.34 Å². The van der Waals surface area contributed by atoms with Gasteiger partial charge in [0.1, 0.15) is 5.00 Å². The molecule has 0 spiro atoms. The summed E-state index contributed by atoms with van der Waals surface area (Å²) in [4.78, 5) is 38.5. The molecule has 0 saturated carbocycles. The zero-order valence-corrected chi connectivity index (χ0v) is 20.9. The third-order valence-electron chi connectivity index (χ3n) is 5.22. The maximum atomic E-state index is 12.6. The number of nitrogens with zero attached hydrogens (tertiary/aromatic N) is 2. The van der Waals surface area contributed by atoms with E-state index >= 15 is 0 Å². The third-order valence-corrected chi connectivity index (χ3v) is 8.40. The van der Waals surface area contributed by atoms with Crippen molar-refractivity contribution < 1.29 is 19.1 Å². The van der Waals surface area contributed by atoms with Crippen molar-refractivity contribution in [3.63, 3.8) is 0 Å². The van der Waals surface area contributed by atoms with Crippen LogP contribution in [0, 0.1) is 5.92 Å². The van der Waals surface area contributed by atoms with Gasteiger partial charge in [0.25, 0.3) is 0 Å². The SMILES string of the molecule is CCOC(=O)c1c(NC(=O)CSc2nnc(NC(=O)C(CC)CC)s2)sc2c1CCCC2. The van der Waals surface area contributed by atoms with E-state index in [1.54, 1.807) is 6.92 Å². The Morgan fingerprint density at radius 1 is 1.06 bits per heavy atom. The van der Waals surface area contributed by atoms with Crippen LogP contribution in [-0.2, 0) is 27.2 Å². The van der Waals surface area contributed by atoms with E-state index < -0.39 is 0 Å². The molecular formula is C21H28N4O4S3. The van der Waals surface area contributed by atoms with Crippen LogP contribution in [0.1, 0.15) is 67.3 Å². The van der Waals surface area contributed by atoms with Crippen LogP contribution in [0.5, 0.6) is 0 Å². The van der Waals surface area contributed by atoms with Crippen molar-refractivity contribution in [1.29, 1.82) is 0 Å². The maximum Gasteiger partial charge on any atom is 0.341 e. The first-order valence-electron chi connectivity index (χ1n) is 10.8. The van der Waals surface area contributed by atoms with Gasteiger partial charge in [-0.1, -0.05) is 36.9 Å². The number of carbonyl (C=O) groups is 3. The van der Waals surface area contributed by atoms with E-state index in [1.165, 1.54) is 34.4 Å². The minimum atomic E-state index is -0.378. The molecule has 1 aliphatic carbocycles. The largest absolute Gasteiger partial charge is 0.462 e. The molecule has 0 saturated heterocycles. The topological polar surface area (TPSA) is 110 Å². The number of thioether (sulfide) groups is 1. The molecule has 174 valence electrons. The fourth-order valence-electron chi connectivity index (χ4n) is 3.55. The van der Waals surface area contributed by atoms with Gasteiger partial charge in [-0.05, 0) is 51.0 Å². The van der Waals surface area contributed by atoms with E-state index in [0.717, 1.165) is 49.0 Å². The number of amides is 2. The summed E-state index contributed by atoms with van der Waals surface area (Å²) in [5, 5.41) is 14.7. The average Bonchev–Trinajstić information content (AvgIpc) is 3.37. The van der Waals surface area contributed by atoms with Crippen molar-refractivity contribution >= 4 is 62.4 Å². The molecule has 11 heteroatoms. The molecule has 3 rings (SSSR count). The fraction of sp³-hybridized carbons (Fsp3) is 0.571. The number of aryl methyl sites for hydroxylation is 1. The Kier molecular flexibility index (Phi) is 9.06. The molecule has 1 aliphatic rings. The zero-order valence-electron chi connectivity index (χ0n) is 18.5. The van der Waals surface area contributed by atoms with Crippen molar-refractivity contribution in [2.45, 2.75) is 63.6 Å². The summed E-state index contributed by atoms with van der Waals surface area (Å²) >= 11 is 3.96. The quantitative estimate of drug-likeness (QED) is 0.277. The van der Waals surface area contributed by atoms with Gasteiger partial charge in [-0.15, -0.1) is 21.5 Å². The lowest BCUT2D eigenvalue weighted by Gasteiger charge is -2.12. The van der Waals surface area contributed by atoms with E-state index in [1.807, 2.05) is 13.8 Å². The van der Waals surface area contributed by atoms with Gasteiger partial charge >= 0.3 is 5.97 Å². The molecule has 8 nitrogen and oxygen atoms in total. The number of aromatic nitrogens is 2. The van der Waals surface area contributed by atoms with Crippen LogP contribution in [-0.4, -0.2) is 40.3 Å². The molecule has 0 fully saturated rings. The number of ether oxygens (including phenoxy) is 1. The molecule has 0 bridgehead atoms. The second-order valence-electron chi connectivity index (χ2n) is 7.35. The number of thiophene rings is 1. The van der Waals surface area contributed by atoms with Crippen LogP contribution in [0.15, 0.2) is 4.34 Å². The van der Waals surface area contributed by atoms with Gasteiger partial charge in [0.2, 0.25) is 16.9 Å². The highest BCUT2D eigenvalue weighted by Gasteiger charge is 2.27. The second kappa shape index (κ2) is 11.8. The van der Waals surface area contributed by atoms with E-state index in [4.69, 9.17) is 4.74 Å². The Morgan fingerprint density at radius 3 is 2.53 bits per heavy atom. The lowest BCUT2D eigenvalue weighted by molar-refractivity contribution is -0.120. The first-order chi connectivity index (χ1) is 15.5. The molecule has 0 aliphatic heterocycles. The Morgan fingerprint density at radius 2 is 1.81 bits per heavy atom. The summed E-state index contributed by atoms with van der Waals surface area (Å²) in [7, 11) is 0. The molecule has 0 unspecified atom stereocenters. The molecule has 2 N–H and O–H groups in total. The highest BCUT2D eigenvalue weighted by molar-refractivity contribution is 8.01. The minimum Gasteiger partial charge on any atom is -0.462 e. The number of rotatable bonds is 10. The van der Waals surface area contributed by atoms with Crippen molar-refractivity contribution in [1.82, 2.24) is 10.2 Å². The van der Waals surface area contributed by atoms with Gasteiger partial charge in [0, 0.05) is 10.8 Å². The number of hydrogen-bond acceptors (Lipinski definition) is 9. The summed E-state index contributed by atoms with van der Waals surface area (Å²) in [5.74, 6) is -0.590. The van der Waals surface area contributed by atoms with Crippen LogP contribution in [0.2, 0.25) is 0 Å². The van der Waals surface area contributed by atoms with Crippen LogP contribution in [0.4, 0.5) is 10.1 Å². The van der Waals surface area contributed by atoms with E-state index in [0.29, 0.717) is 26.6 Å². The summed E-state index contributed by atoms with van der Waals surface area (Å²) in [6.07, 6.45) is 5.42. The zero-order chi connectivity index (χ0) is 23.1. The predicted molar refractivity (Wildman–Crippen MR) is 129 cm³/mol. The number of anilines is 2. The Bertz CT molecular complexity index is 968. The predicted octanol–water partition coefficient (Wildman–Crippen LogP) is 4.76. The molecule has 0 radical (unpaired) electrons. The smallest absolute Gasteiger partial charge is 0.341 e. The molecular weight excluding hydrogens is 468 g/mol. The Labute approximate surface area is 199 Å². The molecule has 0 aromatic carbocycles. The summed E-state index contributed by atoms with van der Waals surface area (Å²) in [6, 6.07) is 0. The average molecular weight is 497 g/mol. The number of esters is 1. The summed E-state index contributed by atoms with van der Waals surface area (Å²) < 4.78 is 5.82. The van der Waals surface area contributed by atoms with Crippen LogP contribution in [0.25, 0.3) is 0 Å². The second-order valence-corrected chi connectivity index (χ2v) is 10.7. The number of carbonyl (C=O) groups excluding carboxylic acids is 3. The van der Waals surface area contributed by atoms with Crippen LogP contribution >= 0.6 is 34.4 Å². The van der Waals surface area contributed by atoms with E-state index in [2.05, 4.69) is 20.8 Å². The van der Waals surface area contributed by atoms with Gasteiger partial charge in [-0.25, -0.2) is 4.79 Å². The van der Waals surface area contributed by atoms with E-state index in [9.17, 15) is 14.4 Å². The first-order valence-corrected chi connectivity index (χ1v) is 13.5. The van der Waals surface area contributed by atoms with Gasteiger partial charge < -0.3 is 15.4 Å². The van der Waals surface area contributed by atoms with Crippen molar-refractivity contribution in [2.24, 2.45) is 5.92 Å². The van der Waals surface area contributed by atoms with Gasteiger partial charge in [-0.2, -0.15) is 0 Å². The van der Waals surface area contributed by atoms with Crippen LogP contribution < -0.4 is 10.6 Å². The monoisotopic (exact) mass is 496 g/mol. The van der Waals surface area contributed by atoms with Crippen molar-refractivity contribution in [3.8, 4) is 0 Å². The van der Waals surface area contributed by atoms with Gasteiger partial charge in [-0.3, -0.25) is 9.59 Å². The van der Waals surface area contributed by atoms with Crippen molar-refractivity contribution in [2.75, 3.05) is 23.0 Å². The third kappa shape index (κ3) is 6.08. The Hall–Kier alpha value is -1.98. The lowest BCUT2D eigenvalue weighted by Crippen LogP contribution is -2.21. The summed E-state index contributed by atoms with van der Waals surface area (Å²) in [6.45, 7) is 6.02. The Balaban J connectivity index is 1.60. The highest BCUT2D eigenvalue weighted by atomic mass is 32.2. The fourth-order valence-corrected chi connectivity index (χ4v) is 6.40. The normalized spacial score (nSPS) is 13.0. The van der Waals surface area contributed by atoms with Crippen LogP contribution in [0.3, 0.4) is 0 Å². The lowest BCUT2D eigenvalue weighted by atomic mass is 9.95. The standard InChI is InChI=1S/C21H28N4O4S3/c1-4-12(5-2)17(27)23-20-24-25-21(32-20)30-11-15(26)22-18-16(19(28)29-6-3)13-9-7-8-10-14(13)31-18/h12H,4-11H2,1-3H3,(H,22,26)(H,23,24,27). The van der Waals surface area contributed by atoms with Gasteiger partial charge in [0.05, 0.1) is 17.9 Å². The number of hydrogen-bond donors (Lipinski definition) is 2. The molecule has 2 aromatic heterocycles. The molecule has 2 amide bonds. The molecule has 2 aromatic rings. The number of nitrogens with one attached hydrogen (secondary N) is 2. The van der Waals surface area contributed by atoms with Crippen molar-refractivity contribution in [3.05, 3.63) is 16.0 Å². The molecule has 0 atom stereocenters. The molecule has 2 heterocycles. The highest BCUT2D eigenvalue weighted by Crippen LogP contribution is 2.38. The minimum absolute atomic E-state index is 0.0500. The molecule has 32 heavy (non-hydrogen) atoms. The number of fused-ring (bicyclic) bond motifs is 1.